The molecule has 2 heteroatoms. The number of para-hydroxylation sites is 2. The van der Waals surface area contributed by atoms with Crippen molar-refractivity contribution in [2.75, 3.05) is 0 Å². The first-order chi connectivity index (χ1) is 24.3. The van der Waals surface area contributed by atoms with Crippen molar-refractivity contribution in [2.24, 2.45) is 0 Å². The molecule has 0 atom stereocenters. The molecule has 8 aromatic carbocycles. The lowest BCUT2D eigenvalue weighted by atomic mass is 9.91. The Labute approximate surface area is 284 Å². The van der Waals surface area contributed by atoms with E-state index in [1.165, 1.54) is 65.6 Å². The van der Waals surface area contributed by atoms with Crippen molar-refractivity contribution in [3.05, 3.63) is 182 Å². The van der Waals surface area contributed by atoms with Gasteiger partial charge in [0.25, 0.3) is 0 Å². The molecule has 2 heterocycles. The van der Waals surface area contributed by atoms with Crippen LogP contribution in [0.1, 0.15) is 0 Å². The number of benzene rings is 8. The lowest BCUT2D eigenvalue weighted by molar-refractivity contribution is 1.18. The van der Waals surface area contributed by atoms with Crippen molar-refractivity contribution >= 4 is 54.3 Å². The molecule has 0 radical (unpaired) electrons. The van der Waals surface area contributed by atoms with Crippen LogP contribution in [-0.4, -0.2) is 9.55 Å². The third kappa shape index (κ3) is 4.46. The highest BCUT2D eigenvalue weighted by atomic mass is 15.0. The summed E-state index contributed by atoms with van der Waals surface area (Å²) >= 11 is 0. The molecule has 10 aromatic rings. The fourth-order valence-electron chi connectivity index (χ4n) is 7.62. The lowest BCUT2D eigenvalue weighted by Crippen LogP contribution is -1.94. The molecular weight excluding hydrogens is 593 g/mol. The first-order valence-electron chi connectivity index (χ1n) is 16.8. The molecule has 49 heavy (non-hydrogen) atoms. The van der Waals surface area contributed by atoms with Crippen LogP contribution in [-0.2, 0) is 0 Å². The van der Waals surface area contributed by atoms with E-state index >= 15 is 0 Å². The van der Waals surface area contributed by atoms with Crippen molar-refractivity contribution in [3.8, 4) is 39.2 Å². The predicted octanol–water partition coefficient (Wildman–Crippen LogP) is 12.6. The molecule has 10 rings (SSSR count). The number of aromatic nitrogens is 2. The summed E-state index contributed by atoms with van der Waals surface area (Å²) in [5, 5.41) is 8.54. The molecule has 2 nitrogen and oxygen atoms in total. The summed E-state index contributed by atoms with van der Waals surface area (Å²) in [6.07, 6.45) is 0. The average Bonchev–Trinajstić information content (AvgIpc) is 3.52. The quantitative estimate of drug-likeness (QED) is 0.179. The van der Waals surface area contributed by atoms with E-state index in [4.69, 9.17) is 4.98 Å². The smallest absolute Gasteiger partial charge is 0.0794 e. The number of hydrogen-bond donors (Lipinski definition) is 0. The number of hydrogen-bond acceptors (Lipinski definition) is 1. The molecule has 0 saturated carbocycles. The van der Waals surface area contributed by atoms with E-state index in [0.29, 0.717) is 0 Å². The minimum atomic E-state index is 0.968. The summed E-state index contributed by atoms with van der Waals surface area (Å²) in [6.45, 7) is 0. The maximum absolute atomic E-state index is 5.39. The fraction of sp³-hybridized carbons (Fsp3) is 0. The Morgan fingerprint density at radius 1 is 0.306 bits per heavy atom. The van der Waals surface area contributed by atoms with Gasteiger partial charge in [0.2, 0.25) is 0 Å². The van der Waals surface area contributed by atoms with Gasteiger partial charge in [-0.3, -0.25) is 0 Å². The Balaban J connectivity index is 1.15. The summed E-state index contributed by atoms with van der Waals surface area (Å²) in [7, 11) is 0. The molecule has 0 spiro atoms. The van der Waals surface area contributed by atoms with E-state index in [1.807, 2.05) is 0 Å². The molecule has 2 aromatic heterocycles. The van der Waals surface area contributed by atoms with Crippen molar-refractivity contribution in [2.45, 2.75) is 0 Å². The molecule has 0 unspecified atom stereocenters. The fourth-order valence-corrected chi connectivity index (χ4v) is 7.62. The second-order valence-electron chi connectivity index (χ2n) is 12.8. The topological polar surface area (TPSA) is 17.8 Å². The summed E-state index contributed by atoms with van der Waals surface area (Å²) in [6, 6.07) is 65.5. The predicted molar refractivity (Wildman–Crippen MR) is 207 cm³/mol. The van der Waals surface area contributed by atoms with Crippen LogP contribution in [0.4, 0.5) is 0 Å². The van der Waals surface area contributed by atoms with Gasteiger partial charge in [-0.25, -0.2) is 4.98 Å². The molecule has 0 N–H and O–H groups in total. The molecule has 0 aliphatic carbocycles. The Bertz CT molecular complexity index is 2790. The van der Waals surface area contributed by atoms with E-state index in [0.717, 1.165) is 27.8 Å². The zero-order valence-corrected chi connectivity index (χ0v) is 26.7. The van der Waals surface area contributed by atoms with Gasteiger partial charge in [-0.05, 0) is 86.9 Å². The van der Waals surface area contributed by atoms with Gasteiger partial charge in [0.1, 0.15) is 0 Å². The molecule has 0 saturated heterocycles. The molecule has 228 valence electrons. The van der Waals surface area contributed by atoms with Crippen molar-refractivity contribution in [1.29, 1.82) is 0 Å². The highest BCUT2D eigenvalue weighted by Crippen LogP contribution is 2.39. The average molecular weight is 623 g/mol. The van der Waals surface area contributed by atoms with E-state index in [1.54, 1.807) is 0 Å². The summed E-state index contributed by atoms with van der Waals surface area (Å²) in [5.74, 6) is 0. The second-order valence-corrected chi connectivity index (χ2v) is 12.8. The van der Waals surface area contributed by atoms with Gasteiger partial charge in [0.15, 0.2) is 0 Å². The molecule has 0 bridgehead atoms. The highest BCUT2D eigenvalue weighted by Gasteiger charge is 2.15. The number of fused-ring (bicyclic) bond motifs is 9. The Kier molecular flexibility index (Phi) is 6.22. The van der Waals surface area contributed by atoms with Crippen LogP contribution in [0.2, 0.25) is 0 Å². The maximum atomic E-state index is 5.39. The number of pyridine rings is 1. The second kappa shape index (κ2) is 11.0. The lowest BCUT2D eigenvalue weighted by Gasteiger charge is -2.14. The van der Waals surface area contributed by atoms with Gasteiger partial charge in [-0.2, -0.15) is 0 Å². The van der Waals surface area contributed by atoms with Gasteiger partial charge in [0.05, 0.1) is 22.2 Å². The Morgan fingerprint density at radius 3 is 1.39 bits per heavy atom. The highest BCUT2D eigenvalue weighted by molar-refractivity contribution is 6.25. The minimum absolute atomic E-state index is 0.968. The molecular formula is C47H30N2. The van der Waals surface area contributed by atoms with Gasteiger partial charge >= 0.3 is 0 Å². The van der Waals surface area contributed by atoms with Crippen LogP contribution in [0, 0.1) is 0 Å². The van der Waals surface area contributed by atoms with Crippen LogP contribution in [0.15, 0.2) is 182 Å². The molecule has 0 amide bonds. The standard InChI is InChI=1S/C47H30N2/c1-3-11-31(12-4-1)34-21-25-37-40-27-28-44(48-47(40)41-26-22-35(30-43(41)42(37)29-34)32-13-5-2-6-14-32)33-19-23-36(24-20-33)49-45-17-9-7-15-38(45)39-16-8-10-18-46(39)49/h1-30H. The monoisotopic (exact) mass is 622 g/mol. The van der Waals surface area contributed by atoms with E-state index < -0.39 is 0 Å². The van der Waals surface area contributed by atoms with E-state index in [2.05, 4.69) is 187 Å². The number of nitrogens with zero attached hydrogens (tertiary/aromatic N) is 2. The zero-order valence-electron chi connectivity index (χ0n) is 26.7. The summed E-state index contributed by atoms with van der Waals surface area (Å²) in [5.41, 5.74) is 11.5. The summed E-state index contributed by atoms with van der Waals surface area (Å²) < 4.78 is 2.36. The minimum Gasteiger partial charge on any atom is -0.309 e. The van der Waals surface area contributed by atoms with Crippen LogP contribution in [0.25, 0.3) is 93.5 Å². The van der Waals surface area contributed by atoms with Crippen LogP contribution in [0.5, 0.6) is 0 Å². The Morgan fingerprint density at radius 2 is 0.776 bits per heavy atom. The van der Waals surface area contributed by atoms with Gasteiger partial charge in [-0.1, -0.05) is 133 Å². The van der Waals surface area contributed by atoms with E-state index in [-0.39, 0.29) is 0 Å². The normalized spacial score (nSPS) is 11.7. The maximum Gasteiger partial charge on any atom is 0.0794 e. The number of rotatable bonds is 4. The largest absolute Gasteiger partial charge is 0.309 e. The molecule has 0 aliphatic rings. The first-order valence-corrected chi connectivity index (χ1v) is 16.8. The van der Waals surface area contributed by atoms with E-state index in [9.17, 15) is 0 Å². The van der Waals surface area contributed by atoms with Crippen LogP contribution < -0.4 is 0 Å². The third-order valence-electron chi connectivity index (χ3n) is 9.99. The van der Waals surface area contributed by atoms with Gasteiger partial charge in [-0.15, -0.1) is 0 Å². The third-order valence-corrected chi connectivity index (χ3v) is 9.99. The first kappa shape index (κ1) is 27.6. The summed E-state index contributed by atoms with van der Waals surface area (Å²) in [4.78, 5) is 5.39. The Hall–Kier alpha value is -6.51. The zero-order chi connectivity index (χ0) is 32.3. The van der Waals surface area contributed by atoms with Gasteiger partial charge in [0, 0.05) is 32.8 Å². The van der Waals surface area contributed by atoms with Crippen molar-refractivity contribution in [3.63, 3.8) is 0 Å². The van der Waals surface area contributed by atoms with Gasteiger partial charge < -0.3 is 4.57 Å². The van der Waals surface area contributed by atoms with Crippen molar-refractivity contribution < 1.29 is 0 Å². The SMILES string of the molecule is c1ccc(-c2ccc3c(c2)c2cc(-c4ccccc4)ccc2c2nc(-c4ccc(-n5c6ccccc6c6ccccc65)cc4)ccc32)cc1. The van der Waals surface area contributed by atoms with Crippen LogP contribution >= 0.6 is 0 Å². The van der Waals surface area contributed by atoms with Crippen molar-refractivity contribution in [1.82, 2.24) is 9.55 Å². The molecule has 0 fully saturated rings. The molecule has 0 aliphatic heterocycles. The van der Waals surface area contributed by atoms with Crippen LogP contribution in [0.3, 0.4) is 0 Å².